The van der Waals surface area contributed by atoms with E-state index >= 15 is 4.39 Å². The molecule has 2 fully saturated rings. The number of carbonyl (C=O) groups excluding carboxylic acids is 3. The van der Waals surface area contributed by atoms with E-state index in [1.54, 1.807) is 54.5 Å². The Bertz CT molecular complexity index is 1480. The lowest BCUT2D eigenvalue weighted by atomic mass is 9.74. The first-order valence-electron chi connectivity index (χ1n) is 12.9. The fourth-order valence-electron chi connectivity index (χ4n) is 6.36. The number of halogens is 3. The maximum atomic E-state index is 16.5. The summed E-state index contributed by atoms with van der Waals surface area (Å²) in [7, 11) is 2.83. The lowest BCUT2D eigenvalue weighted by Crippen LogP contribution is -2.55. The zero-order valence-electron chi connectivity index (χ0n) is 22.4. The maximum absolute atomic E-state index is 16.5. The third kappa shape index (κ3) is 4.76. The number of nitrogens with one attached hydrogen (secondary N) is 1. The van der Waals surface area contributed by atoms with Crippen LogP contribution in [0.3, 0.4) is 0 Å². The van der Waals surface area contributed by atoms with Gasteiger partial charge in [0.15, 0.2) is 0 Å². The summed E-state index contributed by atoms with van der Waals surface area (Å²) >= 11 is 12.1. The molecule has 8 nitrogen and oxygen atoms in total. The number of nitrogens with zero attached hydrogens (tertiary/aromatic N) is 2. The second-order valence-corrected chi connectivity index (χ2v) is 10.9. The van der Waals surface area contributed by atoms with Crippen molar-refractivity contribution in [3.8, 4) is 0 Å². The quantitative estimate of drug-likeness (QED) is 0.337. The summed E-state index contributed by atoms with van der Waals surface area (Å²) in [6.07, 6.45) is 4.06. The predicted molar refractivity (Wildman–Crippen MR) is 155 cm³/mol. The summed E-state index contributed by atoms with van der Waals surface area (Å²) in [6, 6.07) is 10.9. The van der Waals surface area contributed by atoms with Gasteiger partial charge in [0.2, 0.25) is 11.8 Å². The number of carbonyl (C=O) groups is 3. The highest BCUT2D eigenvalue weighted by atomic mass is 35.5. The zero-order chi connectivity index (χ0) is 29.5. The van der Waals surface area contributed by atoms with Crippen molar-refractivity contribution in [2.24, 2.45) is 11.8 Å². The minimum Gasteiger partial charge on any atom is -0.465 e. The van der Waals surface area contributed by atoms with E-state index < -0.39 is 41.1 Å². The molecule has 2 amide bonds. The third-order valence-electron chi connectivity index (χ3n) is 7.95. The molecule has 0 aromatic heterocycles. The van der Waals surface area contributed by atoms with Crippen molar-refractivity contribution in [1.29, 1.82) is 0 Å². The van der Waals surface area contributed by atoms with Gasteiger partial charge in [0, 0.05) is 53.2 Å². The third-order valence-corrected chi connectivity index (χ3v) is 8.31. The van der Waals surface area contributed by atoms with E-state index in [1.165, 1.54) is 25.3 Å². The Kier molecular flexibility index (Phi) is 8.07. The fraction of sp³-hybridized carbons (Fsp3) is 0.300. The minimum absolute atomic E-state index is 0.195. The SMILES string of the molecule is C=C(Cl)/C=C\C=C(/F)[C@H]1[C@@H]2C(=O)N(c3ccc(C(=O)OC)cc3)C[C@@H]2N(CCOC)[C@@]12C(=O)Nc1cc(Cl)ccc12. The molecular formula is C30H28Cl2FN3O5. The second-order valence-electron chi connectivity index (χ2n) is 10.0. The average Bonchev–Trinajstić information content (AvgIpc) is 3.53. The van der Waals surface area contributed by atoms with E-state index in [9.17, 15) is 14.4 Å². The Morgan fingerprint density at radius 1 is 1.22 bits per heavy atom. The standard InChI is InChI=1S/C30H28Cl2FN3O5/c1-17(31)5-4-6-22(33)26-25-24(16-35(27(25)37)20-10-7-18(8-11-20)28(38)41-3)36(13-14-40-2)30(26)21-12-9-19(32)15-23(21)34-29(30)39/h4-12,15,24-26H,1,13-14,16H2,2-3H3,(H,34,39)/b5-4-,22-6-/t24-,25+,26-,30+/m0/s1. The van der Waals surface area contributed by atoms with Gasteiger partial charge in [-0.1, -0.05) is 41.9 Å². The number of fused-ring (bicyclic) bond motifs is 3. The number of hydrogen-bond donors (Lipinski definition) is 1. The molecule has 0 saturated carbocycles. The molecule has 0 unspecified atom stereocenters. The Balaban J connectivity index is 1.65. The van der Waals surface area contributed by atoms with Crippen LogP contribution in [-0.4, -0.2) is 62.6 Å². The van der Waals surface area contributed by atoms with Gasteiger partial charge < -0.3 is 19.7 Å². The number of likely N-dealkylation sites (tertiary alicyclic amines) is 1. The number of rotatable bonds is 8. The van der Waals surface area contributed by atoms with Crippen LogP contribution < -0.4 is 10.2 Å². The molecule has 2 aromatic carbocycles. The van der Waals surface area contributed by atoms with Crippen molar-refractivity contribution in [3.63, 3.8) is 0 Å². The number of anilines is 2. The van der Waals surface area contributed by atoms with Crippen molar-refractivity contribution in [2.45, 2.75) is 11.6 Å². The topological polar surface area (TPSA) is 88.2 Å². The first-order valence-corrected chi connectivity index (χ1v) is 13.7. The van der Waals surface area contributed by atoms with Gasteiger partial charge in [0.25, 0.3) is 0 Å². The minimum atomic E-state index is -1.53. The molecule has 214 valence electrons. The van der Waals surface area contributed by atoms with Crippen LogP contribution >= 0.6 is 23.2 Å². The van der Waals surface area contributed by atoms with Gasteiger partial charge in [-0.3, -0.25) is 14.5 Å². The van der Waals surface area contributed by atoms with E-state index in [0.717, 1.165) is 0 Å². The molecular weight excluding hydrogens is 572 g/mol. The molecule has 1 spiro atoms. The first-order chi connectivity index (χ1) is 19.6. The van der Waals surface area contributed by atoms with E-state index in [0.29, 0.717) is 27.5 Å². The van der Waals surface area contributed by atoms with Gasteiger partial charge in [0.05, 0.1) is 31.1 Å². The lowest BCUT2D eigenvalue weighted by molar-refractivity contribution is -0.129. The van der Waals surface area contributed by atoms with Crippen LogP contribution in [0, 0.1) is 11.8 Å². The molecule has 1 N–H and O–H groups in total. The van der Waals surface area contributed by atoms with Crippen LogP contribution in [0.1, 0.15) is 15.9 Å². The summed E-state index contributed by atoms with van der Waals surface area (Å²) in [5.41, 5.74) is 0.355. The van der Waals surface area contributed by atoms with Crippen LogP contribution in [0.4, 0.5) is 15.8 Å². The number of ether oxygens (including phenoxy) is 2. The summed E-state index contributed by atoms with van der Waals surface area (Å²) in [4.78, 5) is 43.5. The number of esters is 1. The van der Waals surface area contributed by atoms with E-state index in [-0.39, 0.29) is 30.6 Å². The lowest BCUT2D eigenvalue weighted by Gasteiger charge is -2.40. The molecule has 2 aromatic rings. The first kappa shape index (κ1) is 29.0. The highest BCUT2D eigenvalue weighted by molar-refractivity contribution is 6.31. The van der Waals surface area contributed by atoms with Crippen molar-refractivity contribution < 1.29 is 28.2 Å². The van der Waals surface area contributed by atoms with Crippen molar-refractivity contribution in [2.75, 3.05) is 44.1 Å². The smallest absolute Gasteiger partial charge is 0.337 e. The molecule has 3 aliphatic rings. The Hall–Kier alpha value is -3.50. The second kappa shape index (κ2) is 11.4. The summed E-state index contributed by atoms with van der Waals surface area (Å²) in [5.74, 6) is -4.02. The Morgan fingerprint density at radius 2 is 1.95 bits per heavy atom. The average molecular weight is 600 g/mol. The van der Waals surface area contributed by atoms with Crippen molar-refractivity contribution in [1.82, 2.24) is 4.90 Å². The summed E-state index contributed by atoms with van der Waals surface area (Å²) in [6.45, 7) is 4.28. The summed E-state index contributed by atoms with van der Waals surface area (Å²) < 4.78 is 26.6. The van der Waals surface area contributed by atoms with Gasteiger partial charge in [-0.05, 0) is 48.6 Å². The molecule has 3 aliphatic heterocycles. The zero-order valence-corrected chi connectivity index (χ0v) is 23.9. The molecule has 11 heteroatoms. The highest BCUT2D eigenvalue weighted by Crippen LogP contribution is 2.59. The van der Waals surface area contributed by atoms with Crippen LogP contribution in [-0.2, 0) is 24.6 Å². The maximum Gasteiger partial charge on any atom is 0.337 e. The van der Waals surface area contributed by atoms with Gasteiger partial charge >= 0.3 is 5.97 Å². The number of benzene rings is 2. The molecule has 0 aliphatic carbocycles. The number of hydrogen-bond acceptors (Lipinski definition) is 6. The van der Waals surface area contributed by atoms with Gasteiger partial charge in [-0.25, -0.2) is 9.18 Å². The number of allylic oxidation sites excluding steroid dienone is 4. The molecule has 4 atom stereocenters. The molecule has 41 heavy (non-hydrogen) atoms. The number of amides is 2. The van der Waals surface area contributed by atoms with Crippen LogP contribution in [0.2, 0.25) is 5.02 Å². The van der Waals surface area contributed by atoms with Crippen molar-refractivity contribution >= 4 is 52.4 Å². The molecule has 0 bridgehead atoms. The number of methoxy groups -OCH3 is 2. The van der Waals surface area contributed by atoms with Crippen LogP contribution in [0.15, 0.2) is 78.1 Å². The Morgan fingerprint density at radius 3 is 2.61 bits per heavy atom. The van der Waals surface area contributed by atoms with Crippen LogP contribution in [0.25, 0.3) is 0 Å². The van der Waals surface area contributed by atoms with Gasteiger partial charge in [-0.2, -0.15) is 0 Å². The largest absolute Gasteiger partial charge is 0.465 e. The van der Waals surface area contributed by atoms with E-state index in [2.05, 4.69) is 11.9 Å². The van der Waals surface area contributed by atoms with Crippen molar-refractivity contribution in [3.05, 3.63) is 94.3 Å². The van der Waals surface area contributed by atoms with E-state index in [1.807, 2.05) is 4.90 Å². The molecule has 5 rings (SSSR count). The monoisotopic (exact) mass is 599 g/mol. The molecule has 2 saturated heterocycles. The highest BCUT2D eigenvalue weighted by Gasteiger charge is 2.71. The van der Waals surface area contributed by atoms with E-state index in [4.69, 9.17) is 32.7 Å². The van der Waals surface area contributed by atoms with Gasteiger partial charge in [-0.15, -0.1) is 0 Å². The molecule has 3 heterocycles. The van der Waals surface area contributed by atoms with Crippen LogP contribution in [0.5, 0.6) is 0 Å². The predicted octanol–water partition coefficient (Wildman–Crippen LogP) is 5.05. The van der Waals surface area contributed by atoms with Gasteiger partial charge in [0.1, 0.15) is 11.4 Å². The fourth-order valence-corrected chi connectivity index (χ4v) is 6.60. The molecule has 0 radical (unpaired) electrons. The normalized spacial score (nSPS) is 25.6. The Labute approximate surface area is 247 Å². The summed E-state index contributed by atoms with van der Waals surface area (Å²) in [5, 5.41) is 3.50.